The van der Waals surface area contributed by atoms with Crippen LogP contribution in [0.1, 0.15) is 30.3 Å². The second-order valence-electron chi connectivity index (χ2n) is 5.41. The molecule has 0 radical (unpaired) electrons. The van der Waals surface area contributed by atoms with E-state index in [2.05, 4.69) is 25.7 Å². The van der Waals surface area contributed by atoms with Gasteiger partial charge in [0.25, 0.3) is 0 Å². The van der Waals surface area contributed by atoms with E-state index >= 15 is 0 Å². The number of carbonyl (C=O) groups excluding carboxylic acids is 1. The molecule has 120 valence electrons. The molecule has 1 atom stereocenters. The molecule has 2 N–H and O–H groups in total. The van der Waals surface area contributed by atoms with Gasteiger partial charge in [-0.2, -0.15) is 5.10 Å². The number of amides is 1. The first kappa shape index (κ1) is 16.6. The van der Waals surface area contributed by atoms with E-state index in [4.69, 9.17) is 0 Å². The highest BCUT2D eigenvalue weighted by atomic mass is 32.1. The Labute approximate surface area is 134 Å². The Morgan fingerprint density at radius 1 is 1.50 bits per heavy atom. The molecule has 8 heteroatoms. The molecule has 7 nitrogen and oxygen atoms in total. The van der Waals surface area contributed by atoms with E-state index in [9.17, 15) is 4.79 Å². The number of aromatic amines is 1. The molecule has 0 bridgehead atoms. The molecule has 0 saturated heterocycles. The van der Waals surface area contributed by atoms with Crippen molar-refractivity contribution in [1.82, 2.24) is 25.3 Å². The number of likely N-dealkylation sites (N-methyl/N-ethyl adjacent to an activating group) is 1. The summed E-state index contributed by atoms with van der Waals surface area (Å²) in [5, 5.41) is 18.0. The molecular formula is C14H22N6OS. The third-order valence-electron chi connectivity index (χ3n) is 3.85. The third-order valence-corrected chi connectivity index (χ3v) is 4.46. The number of hydrogen-bond donors (Lipinski definition) is 2. The molecule has 0 fully saturated rings. The number of aryl methyl sites for hydroxylation is 2. The number of rotatable bonds is 7. The Balaban J connectivity index is 1.78. The highest BCUT2D eigenvalue weighted by Crippen LogP contribution is 2.13. The summed E-state index contributed by atoms with van der Waals surface area (Å²) in [7, 11) is 1.96. The van der Waals surface area contributed by atoms with E-state index in [1.165, 1.54) is 16.9 Å². The van der Waals surface area contributed by atoms with E-state index in [-0.39, 0.29) is 11.9 Å². The minimum atomic E-state index is -0.213. The van der Waals surface area contributed by atoms with Crippen LogP contribution in [0.4, 0.5) is 5.13 Å². The lowest BCUT2D eigenvalue weighted by Crippen LogP contribution is -2.40. The van der Waals surface area contributed by atoms with Crippen LogP contribution in [0.3, 0.4) is 0 Å². The average molecular weight is 322 g/mol. The van der Waals surface area contributed by atoms with Gasteiger partial charge in [0.2, 0.25) is 11.0 Å². The van der Waals surface area contributed by atoms with Crippen molar-refractivity contribution in [3.63, 3.8) is 0 Å². The second-order valence-corrected chi connectivity index (χ2v) is 6.24. The van der Waals surface area contributed by atoms with Gasteiger partial charge in [0, 0.05) is 5.69 Å². The van der Waals surface area contributed by atoms with Gasteiger partial charge in [0.15, 0.2) is 0 Å². The maximum absolute atomic E-state index is 12.1. The third kappa shape index (κ3) is 4.11. The first-order chi connectivity index (χ1) is 10.5. The quantitative estimate of drug-likeness (QED) is 0.811. The van der Waals surface area contributed by atoms with Crippen LogP contribution in [-0.4, -0.2) is 50.8 Å². The lowest BCUT2D eigenvalue weighted by molar-refractivity contribution is -0.120. The molecule has 2 rings (SSSR count). The minimum Gasteiger partial charge on any atom is -0.299 e. The molecule has 2 aromatic heterocycles. The molecule has 2 heterocycles. The number of H-pyrrole nitrogens is 1. The Bertz CT molecular complexity index is 589. The van der Waals surface area contributed by atoms with Crippen molar-refractivity contribution in [2.24, 2.45) is 0 Å². The van der Waals surface area contributed by atoms with Crippen molar-refractivity contribution >= 4 is 22.4 Å². The van der Waals surface area contributed by atoms with E-state index in [1.807, 2.05) is 32.7 Å². The van der Waals surface area contributed by atoms with Crippen LogP contribution in [0.5, 0.6) is 0 Å². The van der Waals surface area contributed by atoms with Crippen molar-refractivity contribution < 1.29 is 4.79 Å². The Kier molecular flexibility index (Phi) is 5.62. The summed E-state index contributed by atoms with van der Waals surface area (Å²) < 4.78 is 0. The molecule has 0 spiro atoms. The molecular weight excluding hydrogens is 300 g/mol. The van der Waals surface area contributed by atoms with Gasteiger partial charge in [-0.3, -0.25) is 20.1 Å². The van der Waals surface area contributed by atoms with E-state index in [0.717, 1.165) is 30.8 Å². The van der Waals surface area contributed by atoms with Gasteiger partial charge in [-0.1, -0.05) is 11.3 Å². The molecule has 0 aliphatic carbocycles. The first-order valence-corrected chi connectivity index (χ1v) is 8.14. The zero-order chi connectivity index (χ0) is 16.1. The van der Waals surface area contributed by atoms with Crippen molar-refractivity contribution in [2.75, 3.05) is 18.9 Å². The van der Waals surface area contributed by atoms with Crippen LogP contribution >= 0.6 is 11.3 Å². The molecule has 0 aliphatic rings. The topological polar surface area (TPSA) is 86.8 Å². The standard InChI is InChI=1S/C14H22N6OS/c1-9-12(10(2)18-17-9)6-5-7-20(4)11(3)13(21)16-14-19-15-8-22-14/h8,11H,5-7H2,1-4H3,(H,17,18)(H,16,19,21). The van der Waals surface area contributed by atoms with E-state index in [0.29, 0.717) is 5.13 Å². The zero-order valence-electron chi connectivity index (χ0n) is 13.4. The second kappa shape index (κ2) is 7.46. The number of nitrogens with one attached hydrogen (secondary N) is 2. The van der Waals surface area contributed by atoms with Gasteiger partial charge in [-0.15, -0.1) is 10.2 Å². The number of aromatic nitrogens is 4. The monoisotopic (exact) mass is 322 g/mol. The van der Waals surface area contributed by atoms with Crippen molar-refractivity contribution in [2.45, 2.75) is 39.7 Å². The van der Waals surface area contributed by atoms with Gasteiger partial charge >= 0.3 is 0 Å². The summed E-state index contributed by atoms with van der Waals surface area (Å²) in [4.78, 5) is 14.2. The van der Waals surface area contributed by atoms with Crippen molar-refractivity contribution in [3.05, 3.63) is 22.5 Å². The van der Waals surface area contributed by atoms with Crippen molar-refractivity contribution in [3.8, 4) is 0 Å². The Morgan fingerprint density at radius 2 is 2.27 bits per heavy atom. The molecule has 1 unspecified atom stereocenters. The maximum atomic E-state index is 12.1. The molecule has 22 heavy (non-hydrogen) atoms. The normalized spacial score (nSPS) is 12.6. The van der Waals surface area contributed by atoms with Gasteiger partial charge in [-0.25, -0.2) is 0 Å². The van der Waals surface area contributed by atoms with E-state index < -0.39 is 0 Å². The fraction of sp³-hybridized carbons (Fsp3) is 0.571. The van der Waals surface area contributed by atoms with Crippen molar-refractivity contribution in [1.29, 1.82) is 0 Å². The largest absolute Gasteiger partial charge is 0.299 e. The summed E-state index contributed by atoms with van der Waals surface area (Å²) in [6.45, 7) is 6.79. The SMILES string of the molecule is Cc1n[nH]c(C)c1CCCN(C)C(C)C(=O)Nc1nncs1. The molecule has 0 saturated carbocycles. The summed E-state index contributed by atoms with van der Waals surface area (Å²) in [6.07, 6.45) is 1.94. The fourth-order valence-electron chi connectivity index (χ4n) is 2.28. The van der Waals surface area contributed by atoms with Crippen LogP contribution in [-0.2, 0) is 11.2 Å². The van der Waals surface area contributed by atoms with Crippen LogP contribution in [0, 0.1) is 13.8 Å². The lowest BCUT2D eigenvalue weighted by atomic mass is 10.1. The van der Waals surface area contributed by atoms with Crippen LogP contribution in [0.2, 0.25) is 0 Å². The smallest absolute Gasteiger partial charge is 0.243 e. The zero-order valence-corrected chi connectivity index (χ0v) is 14.2. The number of carbonyl (C=O) groups is 1. The predicted octanol–water partition coefficient (Wildman–Crippen LogP) is 1.77. The van der Waals surface area contributed by atoms with Crippen LogP contribution in [0.15, 0.2) is 5.51 Å². The summed E-state index contributed by atoms with van der Waals surface area (Å²) >= 11 is 1.32. The Morgan fingerprint density at radius 3 is 2.86 bits per heavy atom. The minimum absolute atomic E-state index is 0.0603. The summed E-state index contributed by atoms with van der Waals surface area (Å²) in [6, 6.07) is -0.213. The highest BCUT2D eigenvalue weighted by Gasteiger charge is 2.19. The van der Waals surface area contributed by atoms with Gasteiger partial charge in [-0.05, 0) is 52.8 Å². The first-order valence-electron chi connectivity index (χ1n) is 7.26. The molecule has 0 aliphatic heterocycles. The van der Waals surface area contributed by atoms with Gasteiger partial charge in [0.1, 0.15) is 5.51 Å². The lowest BCUT2D eigenvalue weighted by Gasteiger charge is -2.23. The van der Waals surface area contributed by atoms with Gasteiger partial charge in [0.05, 0.1) is 11.7 Å². The van der Waals surface area contributed by atoms with Crippen LogP contribution < -0.4 is 5.32 Å². The molecule has 0 aromatic carbocycles. The fourth-order valence-corrected chi connectivity index (χ4v) is 2.73. The molecule has 1 amide bonds. The maximum Gasteiger partial charge on any atom is 0.243 e. The average Bonchev–Trinajstić information content (AvgIpc) is 3.10. The highest BCUT2D eigenvalue weighted by molar-refractivity contribution is 7.13. The number of nitrogens with zero attached hydrogens (tertiary/aromatic N) is 4. The summed E-state index contributed by atoms with van der Waals surface area (Å²) in [5.74, 6) is -0.0603. The predicted molar refractivity (Wildman–Crippen MR) is 87.0 cm³/mol. The number of anilines is 1. The molecule has 2 aromatic rings. The van der Waals surface area contributed by atoms with E-state index in [1.54, 1.807) is 5.51 Å². The summed E-state index contributed by atoms with van der Waals surface area (Å²) in [5.41, 5.74) is 5.06. The number of hydrogen-bond acceptors (Lipinski definition) is 6. The Hall–Kier alpha value is -1.80. The van der Waals surface area contributed by atoms with Crippen LogP contribution in [0.25, 0.3) is 0 Å². The van der Waals surface area contributed by atoms with Gasteiger partial charge < -0.3 is 0 Å².